The quantitative estimate of drug-likeness (QED) is 0.103. The molecular formula is C70H67ClN6O8S2. The zero-order valence-corrected chi connectivity index (χ0v) is 50.1. The van der Waals surface area contributed by atoms with E-state index in [1.165, 1.54) is 126 Å². The van der Waals surface area contributed by atoms with Gasteiger partial charge >= 0.3 is 11.4 Å². The molecular weight excluding hydrogens is 1150 g/mol. The van der Waals surface area contributed by atoms with Crippen LogP contribution in [0.4, 0.5) is 0 Å². The van der Waals surface area contributed by atoms with Crippen molar-refractivity contribution in [1.29, 1.82) is 0 Å². The Balaban J connectivity index is 0.000000169. The lowest BCUT2D eigenvalue weighted by Gasteiger charge is -2.18. The zero-order valence-electron chi connectivity index (χ0n) is 47.7. The summed E-state index contributed by atoms with van der Waals surface area (Å²) in [5, 5.41) is 31.4. The molecule has 4 aliphatic carbocycles. The molecule has 0 bridgehead atoms. The maximum Gasteiger partial charge on any atom is 0.417 e. The molecule has 444 valence electrons. The third kappa shape index (κ3) is 14.2. The topological polar surface area (TPSA) is 208 Å². The molecule has 2 aromatic heterocycles. The van der Waals surface area contributed by atoms with E-state index in [2.05, 4.69) is 72.8 Å². The Bertz CT molecular complexity index is 4170. The Hall–Kier alpha value is -8.83. The van der Waals surface area contributed by atoms with Crippen molar-refractivity contribution in [3.8, 4) is 97.1 Å². The fourth-order valence-corrected chi connectivity index (χ4v) is 13.0. The zero-order chi connectivity index (χ0) is 59.9. The number of aromatic nitrogens is 6. The van der Waals surface area contributed by atoms with Crippen molar-refractivity contribution in [3.63, 3.8) is 0 Å². The number of aromatic hydroxyl groups is 3. The highest BCUT2D eigenvalue weighted by molar-refractivity contribution is 8.13. The average molecular weight is 1220 g/mol. The smallest absolute Gasteiger partial charge is 0.417 e. The standard InChI is InChI=1S/C35H31N3O4S.C29H27N3O2.C6H5ClO2S.2H2/c39-32-22-30(42-43(40)41-29-12-2-1-3-13-29)18-19-31(32)35-37-33(27-16-14-23-8-4-6-10-25(23)20-27)36-34(38-35)28-17-15-24-9-5-7-11-26(24)21-28;33-24-13-14-25(26(34)17-24)29-31-27(22-11-9-18-5-1-3-7-20(18)15-22)30-28(32-29)23-12-10-19-6-2-4-8-21(19)16-23;7-10(8,9)6-4-2-1-3-5-6;;/h1-3,12-22,39H,4-11H2;9-17,33-34H,1-8H2;1-5H;2*1H/i;;;1+2;1+1. The summed E-state index contributed by atoms with van der Waals surface area (Å²) in [5.41, 5.74) is 15.7. The summed E-state index contributed by atoms with van der Waals surface area (Å²) >= 11 is -2.09. The largest absolute Gasteiger partial charge is 0.508 e. The number of benzene rings is 8. The summed E-state index contributed by atoms with van der Waals surface area (Å²) in [7, 11) is 1.50. The van der Waals surface area contributed by atoms with Gasteiger partial charge in [0.2, 0.25) is 0 Å². The number of para-hydroxylation sites is 1. The molecule has 3 N–H and O–H groups in total. The second kappa shape index (κ2) is 26.4. The molecule has 17 heteroatoms. The molecule has 0 saturated heterocycles. The minimum Gasteiger partial charge on any atom is -0.508 e. The van der Waals surface area contributed by atoms with Crippen molar-refractivity contribution in [2.45, 2.75) is 108 Å². The van der Waals surface area contributed by atoms with Crippen LogP contribution in [0.3, 0.4) is 0 Å². The van der Waals surface area contributed by atoms with Gasteiger partial charge in [-0.15, -0.1) is 0 Å². The van der Waals surface area contributed by atoms with Crippen LogP contribution in [0.5, 0.6) is 28.7 Å². The van der Waals surface area contributed by atoms with Crippen LogP contribution in [-0.4, -0.2) is 57.9 Å². The van der Waals surface area contributed by atoms with E-state index in [1.54, 1.807) is 60.7 Å². The number of rotatable bonds is 11. The summed E-state index contributed by atoms with van der Waals surface area (Å²) in [6.45, 7) is 0. The lowest BCUT2D eigenvalue weighted by Crippen LogP contribution is -2.08. The number of nitrogens with zero attached hydrogens (tertiary/aromatic N) is 6. The summed E-state index contributed by atoms with van der Waals surface area (Å²) < 4.78 is 44.3. The lowest BCUT2D eigenvalue weighted by molar-refractivity contribution is 0.450. The van der Waals surface area contributed by atoms with Gasteiger partial charge in [0.1, 0.15) is 28.7 Å². The maximum absolute atomic E-state index is 12.4. The molecule has 0 fully saturated rings. The van der Waals surface area contributed by atoms with Gasteiger partial charge in [-0.05, 0) is 220 Å². The molecule has 1 atom stereocenters. The highest BCUT2D eigenvalue weighted by Crippen LogP contribution is 2.37. The molecule has 4 aliphatic rings. The normalized spacial score (nSPS) is 14.4. The van der Waals surface area contributed by atoms with Gasteiger partial charge in [-0.2, -0.15) is 4.21 Å². The van der Waals surface area contributed by atoms with Crippen molar-refractivity contribution < 1.29 is 39.2 Å². The van der Waals surface area contributed by atoms with Gasteiger partial charge in [-0.25, -0.2) is 38.3 Å². The predicted octanol–water partition coefficient (Wildman–Crippen LogP) is 15.5. The minimum absolute atomic E-state index is 0. The molecule has 2 heterocycles. The van der Waals surface area contributed by atoms with Crippen molar-refractivity contribution in [2.24, 2.45) is 0 Å². The van der Waals surface area contributed by atoms with Crippen molar-refractivity contribution in [1.82, 2.24) is 29.9 Å². The van der Waals surface area contributed by atoms with E-state index in [0.717, 1.165) is 73.6 Å². The maximum atomic E-state index is 12.4. The van der Waals surface area contributed by atoms with Gasteiger partial charge < -0.3 is 23.7 Å². The Morgan fingerprint density at radius 3 is 1.07 bits per heavy atom. The Morgan fingerprint density at radius 2 is 0.713 bits per heavy atom. The molecule has 0 saturated carbocycles. The SMILES string of the molecule is O=S(=O)(Cl)c1ccccc1.O=S(Oc1ccccc1)Oc1ccc(-c2nc(-c3ccc4c(c3)CCCC4)nc(-c3ccc4c(c3)CCCC4)n2)c(O)c1.Oc1ccc(-c2nc(-c3ccc4c(c3)CCCC4)nc(-c3ccc4c(c3)CCCC4)n2)c(O)c1.[2HH].[3HH]. The first-order valence-corrected chi connectivity index (χ1v) is 32.8. The molecule has 8 aromatic carbocycles. The van der Waals surface area contributed by atoms with Gasteiger partial charge in [-0.3, -0.25) is 0 Å². The molecule has 14 nitrogen and oxygen atoms in total. The number of phenols is 3. The molecule has 0 spiro atoms. The van der Waals surface area contributed by atoms with Crippen LogP contribution < -0.4 is 8.37 Å². The average Bonchev–Trinajstić information content (AvgIpc) is 3.09. The number of halogens is 1. The van der Waals surface area contributed by atoms with Gasteiger partial charge in [0.25, 0.3) is 9.05 Å². The van der Waals surface area contributed by atoms with E-state index >= 15 is 0 Å². The van der Waals surface area contributed by atoms with Crippen LogP contribution in [0.2, 0.25) is 0 Å². The monoisotopic (exact) mass is 1220 g/mol. The summed E-state index contributed by atoms with van der Waals surface area (Å²) in [4.78, 5) is 29.2. The molecule has 0 amide bonds. The number of hydrogen-bond acceptors (Lipinski definition) is 14. The minimum atomic E-state index is -3.53. The van der Waals surface area contributed by atoms with Crippen LogP contribution >= 0.6 is 10.7 Å². The highest BCUT2D eigenvalue weighted by atomic mass is 35.7. The van der Waals surface area contributed by atoms with Crippen molar-refractivity contribution >= 4 is 31.1 Å². The van der Waals surface area contributed by atoms with Gasteiger partial charge in [0, 0.05) is 47.9 Å². The second-order valence-electron chi connectivity index (χ2n) is 22.2. The Kier molecular flexibility index (Phi) is 17.8. The van der Waals surface area contributed by atoms with Crippen molar-refractivity contribution in [3.05, 3.63) is 214 Å². The Morgan fingerprint density at radius 1 is 0.379 bits per heavy atom. The first-order valence-electron chi connectivity index (χ1n) is 29.5. The number of hydrogen-bond donors (Lipinski definition) is 3. The van der Waals surface area contributed by atoms with Gasteiger partial charge in [0.05, 0.1) is 16.0 Å². The van der Waals surface area contributed by atoms with Crippen LogP contribution in [-0.2, 0) is 71.8 Å². The first-order chi connectivity index (χ1) is 42.3. The van der Waals surface area contributed by atoms with E-state index in [0.29, 0.717) is 51.8 Å². The van der Waals surface area contributed by atoms with Crippen LogP contribution in [0.1, 0.15) is 98.7 Å². The van der Waals surface area contributed by atoms with Crippen LogP contribution in [0.15, 0.2) is 175 Å². The second-order valence-corrected chi connectivity index (χ2v) is 25.5. The van der Waals surface area contributed by atoms with E-state index < -0.39 is 20.4 Å². The molecule has 0 radical (unpaired) electrons. The van der Waals surface area contributed by atoms with E-state index in [1.807, 2.05) is 6.07 Å². The third-order valence-electron chi connectivity index (χ3n) is 16.2. The third-order valence-corrected chi connectivity index (χ3v) is 18.3. The number of aryl methyl sites for hydroxylation is 8. The molecule has 1 unspecified atom stereocenters. The summed E-state index contributed by atoms with van der Waals surface area (Å²) in [5.74, 6) is 3.50. The van der Waals surface area contributed by atoms with Gasteiger partial charge in [-0.1, -0.05) is 84.9 Å². The Labute approximate surface area is 516 Å². The number of phenolic OH excluding ortho intramolecular Hbond substituents is 3. The fraction of sp³-hybridized carbons (Fsp3) is 0.229. The number of fused-ring (bicyclic) bond motifs is 4. The van der Waals surface area contributed by atoms with E-state index in [9.17, 15) is 27.9 Å². The summed E-state index contributed by atoms with van der Waals surface area (Å²) in [6, 6.07) is 51.7. The first kappa shape index (κ1) is 58.5. The van der Waals surface area contributed by atoms with E-state index in [4.69, 9.17) is 49.0 Å². The molecule has 0 aliphatic heterocycles. The summed E-state index contributed by atoms with van der Waals surface area (Å²) in [6.07, 6.45) is 18.4. The van der Waals surface area contributed by atoms with Crippen LogP contribution in [0.25, 0.3) is 68.3 Å². The fourth-order valence-electron chi connectivity index (χ4n) is 11.7. The molecule has 10 aromatic rings. The van der Waals surface area contributed by atoms with Crippen molar-refractivity contribution in [2.75, 3.05) is 0 Å². The van der Waals surface area contributed by atoms with Gasteiger partial charge in [0.15, 0.2) is 34.9 Å². The van der Waals surface area contributed by atoms with E-state index in [-0.39, 0.29) is 30.7 Å². The lowest BCUT2D eigenvalue weighted by atomic mass is 9.90. The molecule has 14 rings (SSSR count). The van der Waals surface area contributed by atoms with Crippen LogP contribution in [0, 0.1) is 0 Å². The molecule has 87 heavy (non-hydrogen) atoms. The predicted molar refractivity (Wildman–Crippen MR) is 343 cm³/mol. The highest BCUT2D eigenvalue weighted by Gasteiger charge is 2.22.